The van der Waals surface area contributed by atoms with E-state index in [1.165, 1.54) is 0 Å². The van der Waals surface area contributed by atoms with Gasteiger partial charge in [-0.05, 0) is 43.3 Å². The molecule has 122 valence electrons. The molecular formula is C20H15N3OS. The second kappa shape index (κ2) is 6.18. The van der Waals surface area contributed by atoms with Crippen molar-refractivity contribution < 1.29 is 4.79 Å². The Morgan fingerprint density at radius 3 is 2.68 bits per heavy atom. The molecule has 5 heteroatoms. The molecule has 2 aromatic carbocycles. The number of aromatic nitrogens is 1. The largest absolute Gasteiger partial charge is 0.366 e. The second-order valence-corrected chi connectivity index (χ2v) is 6.87. The number of carbonyl (C=O) groups is 1. The summed E-state index contributed by atoms with van der Waals surface area (Å²) in [6.07, 6.45) is 1.85. The van der Waals surface area contributed by atoms with E-state index in [0.29, 0.717) is 5.56 Å². The summed E-state index contributed by atoms with van der Waals surface area (Å²) in [6.45, 7) is 1.98. The van der Waals surface area contributed by atoms with Gasteiger partial charge in [-0.1, -0.05) is 30.0 Å². The number of benzene rings is 2. The van der Waals surface area contributed by atoms with Crippen LogP contribution in [0.1, 0.15) is 21.6 Å². The van der Waals surface area contributed by atoms with Crippen molar-refractivity contribution in [3.63, 3.8) is 0 Å². The van der Waals surface area contributed by atoms with Gasteiger partial charge in [-0.2, -0.15) is 0 Å². The summed E-state index contributed by atoms with van der Waals surface area (Å²) in [7, 11) is 0. The van der Waals surface area contributed by atoms with Gasteiger partial charge in [0.1, 0.15) is 0 Å². The van der Waals surface area contributed by atoms with Crippen LogP contribution in [0.5, 0.6) is 0 Å². The van der Waals surface area contributed by atoms with Crippen LogP contribution >= 0.6 is 11.8 Å². The maximum atomic E-state index is 11.4. The van der Waals surface area contributed by atoms with Crippen molar-refractivity contribution in [3.8, 4) is 11.3 Å². The normalized spacial score (nSPS) is 12.2. The van der Waals surface area contributed by atoms with Crippen LogP contribution < -0.4 is 5.73 Å². The summed E-state index contributed by atoms with van der Waals surface area (Å²) < 4.78 is 0. The summed E-state index contributed by atoms with van der Waals surface area (Å²) in [5, 5.41) is 0. The van der Waals surface area contributed by atoms with Crippen LogP contribution in [0.4, 0.5) is 5.69 Å². The summed E-state index contributed by atoms with van der Waals surface area (Å²) in [5.74, 6) is -0.450. The average molecular weight is 345 g/mol. The third kappa shape index (κ3) is 2.94. The molecule has 4 rings (SSSR count). The fourth-order valence-corrected chi connectivity index (χ4v) is 3.80. The molecule has 0 unspecified atom stereocenters. The highest BCUT2D eigenvalue weighted by Crippen LogP contribution is 2.41. The number of rotatable bonds is 2. The lowest BCUT2D eigenvalue weighted by molar-refractivity contribution is 0.100. The number of aryl methyl sites for hydroxylation is 1. The lowest BCUT2D eigenvalue weighted by Crippen LogP contribution is -2.10. The maximum absolute atomic E-state index is 11.4. The fourth-order valence-electron chi connectivity index (χ4n) is 2.79. The Morgan fingerprint density at radius 2 is 1.88 bits per heavy atom. The van der Waals surface area contributed by atoms with Gasteiger partial charge in [-0.25, -0.2) is 0 Å². The number of nitrogens with zero attached hydrogens (tertiary/aromatic N) is 2. The first kappa shape index (κ1) is 15.6. The monoisotopic (exact) mass is 345 g/mol. The zero-order valence-electron chi connectivity index (χ0n) is 13.6. The van der Waals surface area contributed by atoms with Gasteiger partial charge in [0.05, 0.1) is 11.4 Å². The molecule has 1 aliphatic rings. The Balaban J connectivity index is 1.85. The minimum atomic E-state index is -0.450. The van der Waals surface area contributed by atoms with Gasteiger partial charge in [0.25, 0.3) is 0 Å². The van der Waals surface area contributed by atoms with Crippen molar-refractivity contribution in [1.82, 2.24) is 4.98 Å². The maximum Gasteiger partial charge on any atom is 0.248 e. The molecule has 0 saturated carbocycles. The molecule has 0 radical (unpaired) electrons. The predicted octanol–water partition coefficient (Wildman–Crippen LogP) is 4.37. The molecule has 0 aliphatic carbocycles. The molecule has 25 heavy (non-hydrogen) atoms. The average Bonchev–Trinajstić information content (AvgIpc) is 2.80. The molecule has 0 spiro atoms. The van der Waals surface area contributed by atoms with Crippen LogP contribution in [0.2, 0.25) is 0 Å². The lowest BCUT2D eigenvalue weighted by Gasteiger charge is -2.10. The first-order valence-electron chi connectivity index (χ1n) is 7.84. The van der Waals surface area contributed by atoms with Gasteiger partial charge < -0.3 is 5.73 Å². The molecule has 4 nitrogen and oxygen atoms in total. The molecule has 0 fully saturated rings. The Morgan fingerprint density at radius 1 is 1.04 bits per heavy atom. The third-order valence-electron chi connectivity index (χ3n) is 4.03. The summed E-state index contributed by atoms with van der Waals surface area (Å²) in [4.78, 5) is 22.8. The van der Waals surface area contributed by atoms with E-state index in [1.54, 1.807) is 23.9 Å². The van der Waals surface area contributed by atoms with E-state index in [2.05, 4.69) is 22.1 Å². The predicted molar refractivity (Wildman–Crippen MR) is 101 cm³/mol. The molecule has 1 aromatic heterocycles. The van der Waals surface area contributed by atoms with Crippen LogP contribution in [-0.4, -0.2) is 17.1 Å². The second-order valence-electron chi connectivity index (χ2n) is 5.79. The molecule has 0 saturated heterocycles. The first-order valence-corrected chi connectivity index (χ1v) is 8.66. The SMILES string of the molecule is Cc1cccc(-c2cccc3c2C=Nc2cc(C(N)=O)ccc2S3)n1. The Bertz CT molecular complexity index is 1030. The van der Waals surface area contributed by atoms with Gasteiger partial charge in [-0.15, -0.1) is 0 Å². The zero-order valence-corrected chi connectivity index (χ0v) is 14.4. The number of carbonyl (C=O) groups excluding carboxylic acids is 1. The molecule has 3 aromatic rings. The quantitative estimate of drug-likeness (QED) is 0.586. The molecule has 1 aliphatic heterocycles. The molecule has 0 atom stereocenters. The van der Waals surface area contributed by atoms with Crippen molar-refractivity contribution in [3.05, 3.63) is 71.4 Å². The molecule has 2 N–H and O–H groups in total. The smallest absolute Gasteiger partial charge is 0.248 e. The first-order chi connectivity index (χ1) is 12.1. The van der Waals surface area contributed by atoms with E-state index in [4.69, 9.17) is 5.73 Å². The van der Waals surface area contributed by atoms with Crippen LogP contribution in [0.3, 0.4) is 0 Å². The molecule has 1 amide bonds. The van der Waals surface area contributed by atoms with Crippen molar-refractivity contribution in [2.24, 2.45) is 10.7 Å². The number of amides is 1. The summed E-state index contributed by atoms with van der Waals surface area (Å²) in [5.41, 5.74) is 10.6. The van der Waals surface area contributed by atoms with Gasteiger partial charge in [-0.3, -0.25) is 14.8 Å². The van der Waals surface area contributed by atoms with Crippen molar-refractivity contribution in [1.29, 1.82) is 0 Å². The Kier molecular flexibility index (Phi) is 3.86. The van der Waals surface area contributed by atoms with Crippen molar-refractivity contribution >= 4 is 29.6 Å². The summed E-state index contributed by atoms with van der Waals surface area (Å²) in [6, 6.07) is 17.5. The van der Waals surface area contributed by atoms with E-state index < -0.39 is 5.91 Å². The number of primary amides is 1. The zero-order chi connectivity index (χ0) is 17.4. The number of hydrogen-bond donors (Lipinski definition) is 1. The van der Waals surface area contributed by atoms with E-state index in [0.717, 1.165) is 38.0 Å². The van der Waals surface area contributed by atoms with Gasteiger partial charge in [0.2, 0.25) is 5.91 Å². The van der Waals surface area contributed by atoms with Crippen LogP contribution in [0.25, 0.3) is 11.3 Å². The van der Waals surface area contributed by atoms with Gasteiger partial charge >= 0.3 is 0 Å². The number of hydrogen-bond acceptors (Lipinski definition) is 4. The van der Waals surface area contributed by atoms with E-state index in [1.807, 2.05) is 43.5 Å². The van der Waals surface area contributed by atoms with Gasteiger partial charge in [0.15, 0.2) is 0 Å². The summed E-state index contributed by atoms with van der Waals surface area (Å²) >= 11 is 1.63. The standard InChI is InChI=1S/C20H15N3OS/c1-12-4-2-6-16(23-12)14-5-3-7-18-15(14)11-22-17-10-13(20(21)24)8-9-19(17)25-18/h2-11H,1H3,(H2,21,24). The number of pyridine rings is 1. The number of nitrogens with two attached hydrogens (primary N) is 1. The highest BCUT2D eigenvalue weighted by molar-refractivity contribution is 7.99. The fraction of sp³-hybridized carbons (Fsp3) is 0.0500. The minimum Gasteiger partial charge on any atom is -0.366 e. The lowest BCUT2D eigenvalue weighted by atomic mass is 10.0. The minimum absolute atomic E-state index is 0.450. The van der Waals surface area contributed by atoms with Crippen LogP contribution in [0, 0.1) is 6.92 Å². The third-order valence-corrected chi connectivity index (χ3v) is 5.17. The number of fused-ring (bicyclic) bond motifs is 2. The van der Waals surface area contributed by atoms with Crippen molar-refractivity contribution in [2.45, 2.75) is 16.7 Å². The van der Waals surface area contributed by atoms with E-state index in [9.17, 15) is 4.79 Å². The number of aliphatic imine (C=N–C) groups is 1. The highest BCUT2D eigenvalue weighted by Gasteiger charge is 2.16. The topological polar surface area (TPSA) is 68.3 Å². The van der Waals surface area contributed by atoms with Gasteiger partial charge in [0, 0.05) is 38.4 Å². The van der Waals surface area contributed by atoms with E-state index >= 15 is 0 Å². The molecule has 0 bridgehead atoms. The van der Waals surface area contributed by atoms with Crippen LogP contribution in [0.15, 0.2) is 69.4 Å². The van der Waals surface area contributed by atoms with E-state index in [-0.39, 0.29) is 0 Å². The van der Waals surface area contributed by atoms with Crippen molar-refractivity contribution in [2.75, 3.05) is 0 Å². The molecule has 2 heterocycles. The Labute approximate surface area is 149 Å². The Hall–Kier alpha value is -2.92. The van der Waals surface area contributed by atoms with Crippen LogP contribution in [-0.2, 0) is 0 Å². The molecular weight excluding hydrogens is 330 g/mol. The highest BCUT2D eigenvalue weighted by atomic mass is 32.2.